The van der Waals surface area contributed by atoms with E-state index in [-0.39, 0.29) is 12.4 Å². The molecule has 3 aromatic rings. The van der Waals surface area contributed by atoms with Crippen LogP contribution in [-0.4, -0.2) is 7.11 Å². The number of rotatable bonds is 8. The van der Waals surface area contributed by atoms with Gasteiger partial charge in [0.2, 0.25) is 0 Å². The molecular weight excluding hydrogens is 365 g/mol. The molecule has 140 valence electrons. The molecule has 0 fully saturated rings. The molecule has 0 heterocycles. The molecule has 5 heteroatoms. The molecule has 0 amide bonds. The minimum atomic E-state index is -0.361. The molecule has 0 bridgehead atoms. The Morgan fingerprint density at radius 1 is 0.889 bits per heavy atom. The standard InChI is InChI=1S/C22H21ClFNO2/c1-26-18-10-8-16(9-11-18)13-25-14-17-4-2-5-19(12-17)27-15-20-21(23)6-3-7-22(20)24/h2-12,25H,13-15H2,1H3. The van der Waals surface area contributed by atoms with E-state index in [9.17, 15) is 4.39 Å². The van der Waals surface area contributed by atoms with Gasteiger partial charge in [0.05, 0.1) is 12.1 Å². The molecular formula is C22H21ClFNO2. The molecule has 3 aromatic carbocycles. The van der Waals surface area contributed by atoms with Gasteiger partial charge in [-0.1, -0.05) is 41.9 Å². The van der Waals surface area contributed by atoms with Gasteiger partial charge in [0.1, 0.15) is 23.9 Å². The maximum absolute atomic E-state index is 13.8. The number of hydrogen-bond donors (Lipinski definition) is 1. The Balaban J connectivity index is 1.53. The molecule has 0 unspecified atom stereocenters. The molecule has 0 aromatic heterocycles. The average molecular weight is 386 g/mol. The number of benzene rings is 3. The average Bonchev–Trinajstić information content (AvgIpc) is 2.68. The summed E-state index contributed by atoms with van der Waals surface area (Å²) in [7, 11) is 1.66. The normalized spacial score (nSPS) is 10.6. The largest absolute Gasteiger partial charge is 0.497 e. The summed E-state index contributed by atoms with van der Waals surface area (Å²) < 4.78 is 24.7. The Kier molecular flexibility index (Phi) is 6.69. The van der Waals surface area contributed by atoms with Gasteiger partial charge in [-0.3, -0.25) is 0 Å². The van der Waals surface area contributed by atoms with Crippen molar-refractivity contribution in [1.82, 2.24) is 5.32 Å². The molecule has 0 saturated carbocycles. The second-order valence-electron chi connectivity index (χ2n) is 6.09. The highest BCUT2D eigenvalue weighted by molar-refractivity contribution is 6.31. The number of ether oxygens (including phenoxy) is 2. The van der Waals surface area contributed by atoms with Gasteiger partial charge in [-0.15, -0.1) is 0 Å². The topological polar surface area (TPSA) is 30.5 Å². The predicted octanol–water partition coefficient (Wildman–Crippen LogP) is 5.36. The molecule has 0 aliphatic carbocycles. The molecule has 0 saturated heterocycles. The monoisotopic (exact) mass is 385 g/mol. The van der Waals surface area contributed by atoms with Crippen LogP contribution in [0.3, 0.4) is 0 Å². The summed E-state index contributed by atoms with van der Waals surface area (Å²) in [5.74, 6) is 1.16. The summed E-state index contributed by atoms with van der Waals surface area (Å²) in [4.78, 5) is 0. The zero-order valence-corrected chi connectivity index (χ0v) is 15.8. The summed E-state index contributed by atoms with van der Waals surface area (Å²) in [6, 6.07) is 20.3. The van der Waals surface area contributed by atoms with Gasteiger partial charge in [0.15, 0.2) is 0 Å². The van der Waals surface area contributed by atoms with Gasteiger partial charge >= 0.3 is 0 Å². The molecule has 0 radical (unpaired) electrons. The second kappa shape index (κ2) is 9.40. The van der Waals surface area contributed by atoms with Gasteiger partial charge in [-0.05, 0) is 47.5 Å². The maximum atomic E-state index is 13.8. The fourth-order valence-corrected chi connectivity index (χ4v) is 2.88. The van der Waals surface area contributed by atoms with E-state index in [0.29, 0.717) is 22.9 Å². The summed E-state index contributed by atoms with van der Waals surface area (Å²) in [6.45, 7) is 1.54. The van der Waals surface area contributed by atoms with E-state index in [1.165, 1.54) is 11.6 Å². The Hall–Kier alpha value is -2.56. The third kappa shape index (κ3) is 5.46. The lowest BCUT2D eigenvalue weighted by molar-refractivity contribution is 0.299. The highest BCUT2D eigenvalue weighted by Crippen LogP contribution is 2.22. The van der Waals surface area contributed by atoms with Gasteiger partial charge in [0, 0.05) is 18.7 Å². The van der Waals surface area contributed by atoms with Crippen LogP contribution in [0.5, 0.6) is 11.5 Å². The van der Waals surface area contributed by atoms with Crippen molar-refractivity contribution < 1.29 is 13.9 Å². The molecule has 0 aliphatic heterocycles. The first-order chi connectivity index (χ1) is 13.2. The van der Waals surface area contributed by atoms with Crippen molar-refractivity contribution in [1.29, 1.82) is 0 Å². The summed E-state index contributed by atoms with van der Waals surface area (Å²) in [5, 5.41) is 3.77. The van der Waals surface area contributed by atoms with E-state index in [0.717, 1.165) is 17.9 Å². The first-order valence-electron chi connectivity index (χ1n) is 8.64. The first-order valence-corrected chi connectivity index (χ1v) is 9.02. The Labute approximate surface area is 163 Å². The fraction of sp³-hybridized carbons (Fsp3) is 0.182. The van der Waals surface area contributed by atoms with Gasteiger partial charge in [-0.25, -0.2) is 4.39 Å². The summed E-state index contributed by atoms with van der Waals surface area (Å²) >= 11 is 6.03. The van der Waals surface area contributed by atoms with Crippen LogP contribution in [0.15, 0.2) is 66.7 Å². The van der Waals surface area contributed by atoms with Crippen LogP contribution in [0.1, 0.15) is 16.7 Å². The Morgan fingerprint density at radius 3 is 2.37 bits per heavy atom. The molecule has 3 nitrogen and oxygen atoms in total. The minimum absolute atomic E-state index is 0.0915. The Morgan fingerprint density at radius 2 is 1.63 bits per heavy atom. The zero-order chi connectivity index (χ0) is 19.1. The molecule has 1 N–H and O–H groups in total. The van der Waals surface area contributed by atoms with Crippen molar-refractivity contribution in [2.75, 3.05) is 7.11 Å². The van der Waals surface area contributed by atoms with Crippen LogP contribution in [0.4, 0.5) is 4.39 Å². The van der Waals surface area contributed by atoms with Crippen molar-refractivity contribution in [2.45, 2.75) is 19.7 Å². The lowest BCUT2D eigenvalue weighted by atomic mass is 10.2. The molecule has 0 atom stereocenters. The van der Waals surface area contributed by atoms with Gasteiger partial charge in [0.25, 0.3) is 0 Å². The highest BCUT2D eigenvalue weighted by Gasteiger charge is 2.08. The quantitative estimate of drug-likeness (QED) is 0.566. The molecule has 27 heavy (non-hydrogen) atoms. The van der Waals surface area contributed by atoms with E-state index in [1.807, 2.05) is 48.5 Å². The molecule has 0 spiro atoms. The number of hydrogen-bond acceptors (Lipinski definition) is 3. The SMILES string of the molecule is COc1ccc(CNCc2cccc(OCc3c(F)cccc3Cl)c2)cc1. The minimum Gasteiger partial charge on any atom is -0.497 e. The predicted molar refractivity (Wildman–Crippen MR) is 106 cm³/mol. The highest BCUT2D eigenvalue weighted by atomic mass is 35.5. The third-order valence-electron chi connectivity index (χ3n) is 4.16. The van der Waals surface area contributed by atoms with Crippen LogP contribution < -0.4 is 14.8 Å². The van der Waals surface area contributed by atoms with Gasteiger partial charge in [-0.2, -0.15) is 0 Å². The summed E-state index contributed by atoms with van der Waals surface area (Å²) in [6.07, 6.45) is 0. The van der Waals surface area contributed by atoms with Crippen molar-refractivity contribution in [3.63, 3.8) is 0 Å². The van der Waals surface area contributed by atoms with E-state index in [4.69, 9.17) is 21.1 Å². The summed E-state index contributed by atoms with van der Waals surface area (Å²) in [5.41, 5.74) is 2.63. The first kappa shape index (κ1) is 19.2. The van der Waals surface area contributed by atoms with E-state index in [2.05, 4.69) is 5.32 Å². The number of nitrogens with one attached hydrogen (secondary N) is 1. The number of methoxy groups -OCH3 is 1. The van der Waals surface area contributed by atoms with Crippen molar-refractivity contribution in [3.8, 4) is 11.5 Å². The zero-order valence-electron chi connectivity index (χ0n) is 15.0. The lowest BCUT2D eigenvalue weighted by Gasteiger charge is -2.11. The van der Waals surface area contributed by atoms with Crippen molar-refractivity contribution in [3.05, 3.63) is 94.3 Å². The van der Waals surface area contributed by atoms with Crippen molar-refractivity contribution in [2.24, 2.45) is 0 Å². The van der Waals surface area contributed by atoms with Crippen LogP contribution in [0.2, 0.25) is 5.02 Å². The van der Waals surface area contributed by atoms with Crippen LogP contribution in [-0.2, 0) is 19.7 Å². The van der Waals surface area contributed by atoms with Crippen molar-refractivity contribution >= 4 is 11.6 Å². The second-order valence-corrected chi connectivity index (χ2v) is 6.50. The van der Waals surface area contributed by atoms with Crippen LogP contribution in [0, 0.1) is 5.82 Å². The van der Waals surface area contributed by atoms with E-state index >= 15 is 0 Å². The van der Waals surface area contributed by atoms with E-state index in [1.54, 1.807) is 19.2 Å². The Bertz CT molecular complexity index is 863. The van der Waals surface area contributed by atoms with Crippen LogP contribution in [0.25, 0.3) is 0 Å². The fourth-order valence-electron chi connectivity index (χ4n) is 2.67. The smallest absolute Gasteiger partial charge is 0.131 e. The third-order valence-corrected chi connectivity index (χ3v) is 4.51. The van der Waals surface area contributed by atoms with Crippen LogP contribution >= 0.6 is 11.6 Å². The van der Waals surface area contributed by atoms with E-state index < -0.39 is 0 Å². The van der Waals surface area contributed by atoms with Gasteiger partial charge < -0.3 is 14.8 Å². The number of halogens is 2. The molecule has 3 rings (SSSR count). The lowest BCUT2D eigenvalue weighted by Crippen LogP contribution is -2.12. The molecule has 0 aliphatic rings. The maximum Gasteiger partial charge on any atom is 0.131 e.